The fourth-order valence-electron chi connectivity index (χ4n) is 4.83. The van der Waals surface area contributed by atoms with Crippen LogP contribution in [-0.4, -0.2) is 76.1 Å². The molecule has 0 atom stereocenters. The zero-order valence-electron chi connectivity index (χ0n) is 27.7. The summed E-state index contributed by atoms with van der Waals surface area (Å²) in [6.45, 7) is 2.03. The monoisotopic (exact) mass is 676 g/mol. The summed E-state index contributed by atoms with van der Waals surface area (Å²) in [6, 6.07) is 14.2. The van der Waals surface area contributed by atoms with Gasteiger partial charge in [-0.1, -0.05) is 11.8 Å². The third-order valence-corrected chi connectivity index (χ3v) is 8.25. The van der Waals surface area contributed by atoms with Crippen LogP contribution in [0, 0.1) is 6.92 Å². The number of aromatic nitrogens is 3. The zero-order chi connectivity index (χ0) is 34.2. The molecule has 0 N–H and O–H groups in total. The molecular formula is C34H36N4O9S. The van der Waals surface area contributed by atoms with Gasteiger partial charge in [0.25, 0.3) is 0 Å². The minimum absolute atomic E-state index is 0.00772. The summed E-state index contributed by atoms with van der Waals surface area (Å²) >= 11 is 1.47. The Kier molecular flexibility index (Phi) is 11.0. The Morgan fingerprint density at radius 1 is 0.812 bits per heavy atom. The number of nitrogens with zero attached hydrogens (tertiary/aromatic N) is 4. The molecule has 0 unspecified atom stereocenters. The summed E-state index contributed by atoms with van der Waals surface area (Å²) < 4.78 is 47.0. The van der Waals surface area contributed by atoms with Crippen LogP contribution in [0.2, 0.25) is 0 Å². The van der Waals surface area contributed by atoms with Crippen LogP contribution in [0.25, 0.3) is 22.3 Å². The van der Waals surface area contributed by atoms with Crippen molar-refractivity contribution in [1.29, 1.82) is 0 Å². The van der Waals surface area contributed by atoms with Gasteiger partial charge in [0.1, 0.15) is 28.2 Å². The maximum Gasteiger partial charge on any atom is 0.239 e. The first-order valence-corrected chi connectivity index (χ1v) is 15.7. The van der Waals surface area contributed by atoms with E-state index in [1.54, 1.807) is 42.3 Å². The molecule has 0 saturated heterocycles. The lowest BCUT2D eigenvalue weighted by molar-refractivity contribution is 0.309. The highest BCUT2D eigenvalue weighted by Gasteiger charge is 2.24. The van der Waals surface area contributed by atoms with E-state index in [-0.39, 0.29) is 29.1 Å². The third-order valence-electron chi connectivity index (χ3n) is 7.25. The molecule has 5 aromatic rings. The van der Waals surface area contributed by atoms with Crippen molar-refractivity contribution in [3.63, 3.8) is 0 Å². The van der Waals surface area contributed by atoms with E-state index in [0.29, 0.717) is 57.5 Å². The predicted molar refractivity (Wildman–Crippen MR) is 182 cm³/mol. The van der Waals surface area contributed by atoms with Crippen LogP contribution in [0.4, 0.5) is 0 Å². The normalized spacial score (nSPS) is 11.1. The predicted octanol–water partition coefficient (Wildman–Crippen LogP) is 5.85. The van der Waals surface area contributed by atoms with Gasteiger partial charge in [-0.3, -0.25) is 4.79 Å². The van der Waals surface area contributed by atoms with Crippen molar-refractivity contribution in [3.8, 4) is 51.6 Å². The van der Waals surface area contributed by atoms with Crippen molar-refractivity contribution in [3.05, 3.63) is 70.1 Å². The van der Waals surface area contributed by atoms with E-state index in [4.69, 9.17) is 37.6 Å². The smallest absolute Gasteiger partial charge is 0.239 e. The highest BCUT2D eigenvalue weighted by atomic mass is 32.2. The van der Waals surface area contributed by atoms with Gasteiger partial charge >= 0.3 is 0 Å². The van der Waals surface area contributed by atoms with Crippen LogP contribution >= 0.6 is 11.8 Å². The summed E-state index contributed by atoms with van der Waals surface area (Å²) in [5.74, 6) is 4.12. The Bertz CT molecular complexity index is 1950. The molecule has 0 fully saturated rings. The van der Waals surface area contributed by atoms with Crippen molar-refractivity contribution in [2.45, 2.75) is 18.5 Å². The van der Waals surface area contributed by atoms with Gasteiger partial charge in [-0.2, -0.15) is 9.78 Å². The number of hydrogen-bond donors (Lipinski definition) is 0. The average molecular weight is 677 g/mol. The second-order valence-corrected chi connectivity index (χ2v) is 11.2. The molecule has 0 radical (unpaired) electrons. The van der Waals surface area contributed by atoms with E-state index in [9.17, 15) is 4.79 Å². The van der Waals surface area contributed by atoms with Crippen molar-refractivity contribution in [2.24, 2.45) is 5.10 Å². The van der Waals surface area contributed by atoms with E-state index in [0.717, 1.165) is 11.3 Å². The number of methoxy groups -OCH3 is 6. The highest BCUT2D eigenvalue weighted by molar-refractivity contribution is 7.99. The number of fused-ring (bicyclic) bond motifs is 1. The lowest BCUT2D eigenvalue weighted by Crippen LogP contribution is -2.13. The molecule has 252 valence electrons. The van der Waals surface area contributed by atoms with Gasteiger partial charge in [0, 0.05) is 23.4 Å². The van der Waals surface area contributed by atoms with Crippen LogP contribution in [0.3, 0.4) is 0 Å². The zero-order valence-corrected chi connectivity index (χ0v) is 28.5. The topological polar surface area (TPSA) is 138 Å². The Morgan fingerprint density at radius 3 is 2.12 bits per heavy atom. The van der Waals surface area contributed by atoms with Crippen molar-refractivity contribution in [2.75, 3.05) is 55.0 Å². The molecule has 5 rings (SSSR count). The molecule has 2 heterocycles. The number of rotatable bonds is 15. The van der Waals surface area contributed by atoms with E-state index in [2.05, 4.69) is 15.3 Å². The summed E-state index contributed by atoms with van der Waals surface area (Å²) in [5.41, 5.74) is 1.23. The average Bonchev–Trinajstić information content (AvgIpc) is 3.48. The number of ether oxygens (including phenoxy) is 7. The molecular weight excluding hydrogens is 640 g/mol. The van der Waals surface area contributed by atoms with Gasteiger partial charge in [0.2, 0.25) is 22.1 Å². The Balaban J connectivity index is 1.41. The fourth-order valence-corrected chi connectivity index (χ4v) is 5.67. The Labute approximate surface area is 281 Å². The van der Waals surface area contributed by atoms with Crippen LogP contribution in [-0.2, 0) is 0 Å². The molecule has 0 aliphatic heterocycles. The van der Waals surface area contributed by atoms with Gasteiger partial charge in [-0.05, 0) is 55.3 Å². The van der Waals surface area contributed by atoms with E-state index < -0.39 is 5.43 Å². The lowest BCUT2D eigenvalue weighted by atomic mass is 10.1. The fraction of sp³-hybridized carbons (Fsp3) is 0.294. The largest absolute Gasteiger partial charge is 0.497 e. The summed E-state index contributed by atoms with van der Waals surface area (Å²) in [4.78, 5) is 14.0. The molecule has 13 nitrogen and oxygen atoms in total. The van der Waals surface area contributed by atoms with E-state index in [1.807, 2.05) is 31.2 Å². The first kappa shape index (κ1) is 34.0. The molecule has 0 aliphatic carbocycles. The summed E-state index contributed by atoms with van der Waals surface area (Å²) in [7, 11) is 9.15. The number of benzene rings is 3. The minimum Gasteiger partial charge on any atom is -0.497 e. The molecule has 0 saturated carbocycles. The SMILES string of the molecule is COc1ccc(C=Nn2c(C)nnc2SCCCOc2c(-c3cc(OC)c(OC)c(OC)c3)oc3cc(OC)cc(OC)c3c2=O)cc1. The standard InChI is InChI=1S/C34H36N4O9S/c1-20-36-37-34(38(20)35-19-21-9-11-23(40-2)12-10-21)48-14-8-13-46-33-30(39)29-25(42-4)17-24(41-3)18-26(29)47-31(33)22-15-27(43-5)32(45-7)28(16-22)44-6/h9-12,15-19H,8,13-14H2,1-7H3. The van der Waals surface area contributed by atoms with Crippen LogP contribution < -0.4 is 38.6 Å². The molecule has 0 aliphatic rings. The van der Waals surface area contributed by atoms with Crippen molar-refractivity contribution < 1.29 is 37.6 Å². The van der Waals surface area contributed by atoms with E-state index >= 15 is 0 Å². The Hall–Kier alpha value is -5.37. The maximum absolute atomic E-state index is 14.0. The number of hydrogen-bond acceptors (Lipinski definition) is 13. The van der Waals surface area contributed by atoms with Crippen molar-refractivity contribution in [1.82, 2.24) is 14.9 Å². The molecule has 0 amide bonds. The molecule has 14 heteroatoms. The molecule has 2 aromatic heterocycles. The lowest BCUT2D eigenvalue weighted by Gasteiger charge is -2.17. The Morgan fingerprint density at radius 2 is 1.50 bits per heavy atom. The molecule has 0 bridgehead atoms. The quantitative estimate of drug-likeness (QED) is 0.0746. The van der Waals surface area contributed by atoms with Crippen LogP contribution in [0.15, 0.2) is 68.0 Å². The first-order valence-electron chi connectivity index (χ1n) is 14.7. The van der Waals surface area contributed by atoms with Gasteiger partial charge in [-0.25, -0.2) is 0 Å². The van der Waals surface area contributed by atoms with E-state index in [1.165, 1.54) is 47.3 Å². The van der Waals surface area contributed by atoms with Gasteiger partial charge < -0.3 is 37.6 Å². The van der Waals surface area contributed by atoms with Crippen molar-refractivity contribution >= 4 is 28.9 Å². The second-order valence-electron chi connectivity index (χ2n) is 10.1. The third kappa shape index (κ3) is 7.13. The van der Waals surface area contributed by atoms with Gasteiger partial charge in [0.15, 0.2) is 23.1 Å². The molecule has 0 spiro atoms. The van der Waals surface area contributed by atoms with Gasteiger partial charge in [0.05, 0.1) is 55.5 Å². The first-order chi connectivity index (χ1) is 23.3. The summed E-state index contributed by atoms with van der Waals surface area (Å²) in [6.07, 6.45) is 2.29. The highest BCUT2D eigenvalue weighted by Crippen LogP contribution is 2.44. The second kappa shape index (κ2) is 15.5. The molecule has 48 heavy (non-hydrogen) atoms. The molecule has 3 aromatic carbocycles. The number of aryl methyl sites for hydroxylation is 1. The van der Waals surface area contributed by atoms with Crippen LogP contribution in [0.1, 0.15) is 17.8 Å². The minimum atomic E-state index is -0.407. The van der Waals surface area contributed by atoms with Crippen LogP contribution in [0.5, 0.6) is 40.2 Å². The maximum atomic E-state index is 14.0. The number of thioether (sulfide) groups is 1. The van der Waals surface area contributed by atoms with Gasteiger partial charge in [-0.15, -0.1) is 10.2 Å². The summed E-state index contributed by atoms with van der Waals surface area (Å²) in [5, 5.41) is 13.9.